The maximum Gasteiger partial charge on any atom is 0.257 e. The highest BCUT2D eigenvalue weighted by Gasteiger charge is 2.44. The van der Waals surface area contributed by atoms with Gasteiger partial charge in [0.2, 0.25) is 5.91 Å². The molecule has 2 aromatic rings. The van der Waals surface area contributed by atoms with E-state index in [2.05, 4.69) is 32.2 Å². The molecule has 2 N–H and O–H groups in total. The Kier molecular flexibility index (Phi) is 9.63. The Morgan fingerprint density at radius 2 is 1.68 bits per heavy atom. The summed E-state index contributed by atoms with van der Waals surface area (Å²) in [5.41, 5.74) is 1.94. The number of amides is 2. The van der Waals surface area contributed by atoms with Crippen LogP contribution >= 0.6 is 0 Å². The van der Waals surface area contributed by atoms with Gasteiger partial charge >= 0.3 is 0 Å². The Morgan fingerprint density at radius 3 is 2.32 bits per heavy atom. The van der Waals surface area contributed by atoms with Crippen molar-refractivity contribution in [1.82, 2.24) is 4.90 Å². The van der Waals surface area contributed by atoms with Gasteiger partial charge in [-0.2, -0.15) is 0 Å². The third-order valence-electron chi connectivity index (χ3n) is 9.25. The van der Waals surface area contributed by atoms with E-state index in [9.17, 15) is 19.1 Å². The zero-order valence-corrected chi connectivity index (χ0v) is 25.8. The van der Waals surface area contributed by atoms with E-state index < -0.39 is 11.4 Å². The molecule has 0 radical (unpaired) electrons. The molecule has 5 nitrogen and oxygen atoms in total. The van der Waals surface area contributed by atoms with Crippen molar-refractivity contribution < 1.29 is 19.1 Å². The Balaban J connectivity index is 1.60. The third kappa shape index (κ3) is 7.77. The highest BCUT2D eigenvalue weighted by atomic mass is 19.1. The summed E-state index contributed by atoms with van der Waals surface area (Å²) in [6.07, 6.45) is 7.02. The maximum atomic E-state index is 15.0. The third-order valence-corrected chi connectivity index (χ3v) is 9.25. The number of nitrogens with one attached hydrogen (secondary N) is 1. The van der Waals surface area contributed by atoms with E-state index in [1.807, 2.05) is 36.9 Å². The molecule has 0 bridgehead atoms. The highest BCUT2D eigenvalue weighted by molar-refractivity contribution is 5.98. The molecule has 6 heteroatoms. The lowest BCUT2D eigenvalue weighted by Gasteiger charge is -2.47. The average Bonchev–Trinajstić information content (AvgIpc) is 2.91. The molecule has 1 aliphatic carbocycles. The minimum absolute atomic E-state index is 0.0428. The zero-order valence-electron chi connectivity index (χ0n) is 25.8. The Bertz CT molecular complexity index is 1200. The van der Waals surface area contributed by atoms with Crippen LogP contribution in [0.3, 0.4) is 0 Å². The van der Waals surface area contributed by atoms with Gasteiger partial charge in [-0.3, -0.25) is 9.59 Å². The van der Waals surface area contributed by atoms with Crippen LogP contribution in [0, 0.1) is 30.5 Å². The summed E-state index contributed by atoms with van der Waals surface area (Å²) in [6.45, 7) is 12.5. The first-order chi connectivity index (χ1) is 19.2. The molecule has 2 amide bonds. The Morgan fingerprint density at radius 1 is 1.00 bits per heavy atom. The summed E-state index contributed by atoms with van der Waals surface area (Å²) in [6, 6.07) is 12.5. The van der Waals surface area contributed by atoms with Crippen molar-refractivity contribution in [3.63, 3.8) is 0 Å². The normalized spacial score (nSPS) is 23.8. The van der Waals surface area contributed by atoms with Gasteiger partial charge < -0.3 is 15.3 Å². The van der Waals surface area contributed by atoms with Gasteiger partial charge in [0.1, 0.15) is 5.82 Å². The zero-order chi connectivity index (χ0) is 29.9. The molecule has 2 aliphatic rings. The highest BCUT2D eigenvalue weighted by Crippen LogP contribution is 2.41. The number of nitrogens with zero attached hydrogens (tertiary/aromatic N) is 1. The van der Waals surface area contributed by atoms with Gasteiger partial charge in [0.05, 0.1) is 17.1 Å². The summed E-state index contributed by atoms with van der Waals surface area (Å²) in [7, 11) is 0. The van der Waals surface area contributed by atoms with E-state index in [1.165, 1.54) is 6.07 Å². The fourth-order valence-corrected chi connectivity index (χ4v) is 6.85. The van der Waals surface area contributed by atoms with Crippen molar-refractivity contribution in [3.8, 4) is 0 Å². The second-order valence-electron chi connectivity index (χ2n) is 14.1. The van der Waals surface area contributed by atoms with E-state index in [4.69, 9.17) is 0 Å². The molecule has 2 atom stereocenters. The minimum Gasteiger partial charge on any atom is -0.390 e. The Hall–Kier alpha value is -2.73. The molecular formula is C35H49FN2O3. The maximum absolute atomic E-state index is 15.0. The number of aryl methyl sites for hydroxylation is 1. The van der Waals surface area contributed by atoms with Crippen molar-refractivity contribution in [1.29, 1.82) is 0 Å². The molecule has 1 saturated carbocycles. The first kappa shape index (κ1) is 31.2. The lowest BCUT2D eigenvalue weighted by molar-refractivity contribution is -0.124. The van der Waals surface area contributed by atoms with Crippen molar-refractivity contribution in [2.75, 3.05) is 11.9 Å². The van der Waals surface area contributed by atoms with Gasteiger partial charge in [0, 0.05) is 18.3 Å². The van der Waals surface area contributed by atoms with Crippen LogP contribution in [0.4, 0.5) is 10.1 Å². The number of anilines is 1. The molecule has 1 saturated heterocycles. The second-order valence-corrected chi connectivity index (χ2v) is 14.1. The number of halogens is 1. The molecule has 1 aliphatic heterocycles. The molecule has 2 unspecified atom stereocenters. The SMILES string of the molecule is Cc1cccc(F)c1C(=O)N1CCCC(C(=O)Nc2cccc(C(C)(C)C)c2)C1C1CCC(CCC(C)(C)O)CC1. The van der Waals surface area contributed by atoms with Gasteiger partial charge in [0.15, 0.2) is 0 Å². The van der Waals surface area contributed by atoms with Crippen molar-refractivity contribution in [3.05, 3.63) is 65.0 Å². The number of hydrogen-bond acceptors (Lipinski definition) is 3. The molecule has 41 heavy (non-hydrogen) atoms. The summed E-state index contributed by atoms with van der Waals surface area (Å²) >= 11 is 0. The van der Waals surface area contributed by atoms with Gasteiger partial charge in [-0.05, 0) is 106 Å². The molecule has 2 fully saturated rings. The van der Waals surface area contributed by atoms with Crippen LogP contribution in [0.25, 0.3) is 0 Å². The van der Waals surface area contributed by atoms with Gasteiger partial charge in [-0.15, -0.1) is 0 Å². The van der Waals surface area contributed by atoms with Crippen LogP contribution in [0.15, 0.2) is 42.5 Å². The minimum atomic E-state index is -0.672. The smallest absolute Gasteiger partial charge is 0.257 e. The van der Waals surface area contributed by atoms with Crippen LogP contribution in [-0.4, -0.2) is 40.0 Å². The fourth-order valence-electron chi connectivity index (χ4n) is 6.85. The van der Waals surface area contributed by atoms with Gasteiger partial charge in [-0.1, -0.05) is 57.9 Å². The predicted molar refractivity (Wildman–Crippen MR) is 163 cm³/mol. The number of piperidine rings is 1. The topological polar surface area (TPSA) is 69.6 Å². The van der Waals surface area contributed by atoms with E-state index >= 15 is 0 Å². The molecular weight excluding hydrogens is 515 g/mol. The molecule has 0 spiro atoms. The van der Waals surface area contributed by atoms with Crippen molar-refractivity contribution in [2.45, 2.75) is 110 Å². The summed E-state index contributed by atoms with van der Waals surface area (Å²) < 4.78 is 15.0. The first-order valence-electron chi connectivity index (χ1n) is 15.4. The summed E-state index contributed by atoms with van der Waals surface area (Å²) in [5.74, 6) is -0.534. The van der Waals surface area contributed by atoms with E-state index in [1.54, 1.807) is 19.1 Å². The number of aliphatic hydroxyl groups is 1. The van der Waals surface area contributed by atoms with E-state index in [0.29, 0.717) is 30.9 Å². The van der Waals surface area contributed by atoms with Crippen LogP contribution in [0.2, 0.25) is 0 Å². The monoisotopic (exact) mass is 564 g/mol. The van der Waals surface area contributed by atoms with Gasteiger partial charge in [-0.25, -0.2) is 4.39 Å². The van der Waals surface area contributed by atoms with E-state index in [-0.39, 0.29) is 40.7 Å². The average molecular weight is 565 g/mol. The largest absolute Gasteiger partial charge is 0.390 e. The van der Waals surface area contributed by atoms with Crippen molar-refractivity contribution >= 4 is 17.5 Å². The number of likely N-dealkylation sites (tertiary alicyclic amines) is 1. The number of rotatable bonds is 7. The molecule has 224 valence electrons. The van der Waals surface area contributed by atoms with Crippen LogP contribution < -0.4 is 5.32 Å². The van der Waals surface area contributed by atoms with Crippen LogP contribution in [-0.2, 0) is 10.2 Å². The quantitative estimate of drug-likeness (QED) is 0.363. The lowest BCUT2D eigenvalue weighted by Crippen LogP contribution is -2.55. The van der Waals surface area contributed by atoms with Crippen molar-refractivity contribution in [2.24, 2.45) is 17.8 Å². The fraction of sp³-hybridized carbons (Fsp3) is 0.600. The van der Waals surface area contributed by atoms with Crippen LogP contribution in [0.1, 0.15) is 107 Å². The summed E-state index contributed by atoms with van der Waals surface area (Å²) in [5, 5.41) is 13.4. The second kappa shape index (κ2) is 12.6. The summed E-state index contributed by atoms with van der Waals surface area (Å²) in [4.78, 5) is 29.8. The van der Waals surface area contributed by atoms with Gasteiger partial charge in [0.25, 0.3) is 5.91 Å². The Labute approximate surface area is 245 Å². The number of carbonyl (C=O) groups is 2. The first-order valence-corrected chi connectivity index (χ1v) is 15.4. The lowest BCUT2D eigenvalue weighted by atomic mass is 9.70. The van der Waals surface area contributed by atoms with Crippen LogP contribution in [0.5, 0.6) is 0 Å². The number of benzene rings is 2. The molecule has 0 aromatic heterocycles. The molecule has 4 rings (SSSR count). The standard InChI is InChI=1S/C35H49FN2O3/c1-23-10-7-14-29(36)30(23)33(40)38-21-9-13-28(32(39)37-27-12-8-11-26(22-27)34(2,3)4)31(38)25-17-15-24(16-18-25)19-20-35(5,6)41/h7-8,10-12,14,22,24-25,28,31,41H,9,13,15-21H2,1-6H3,(H,37,39). The molecule has 1 heterocycles. The number of carbonyl (C=O) groups excluding carboxylic acids is 2. The number of hydrogen-bond donors (Lipinski definition) is 2. The van der Waals surface area contributed by atoms with E-state index in [0.717, 1.165) is 49.8 Å². The predicted octanol–water partition coefficient (Wildman–Crippen LogP) is 7.65. The molecule has 2 aromatic carbocycles.